The maximum atomic E-state index is 9.00. The van der Waals surface area contributed by atoms with Crippen LogP contribution >= 0.6 is 0 Å². The van der Waals surface area contributed by atoms with Gasteiger partial charge in [-0.3, -0.25) is 5.43 Å². The third-order valence-electron chi connectivity index (χ3n) is 2.74. The van der Waals surface area contributed by atoms with E-state index in [1.54, 1.807) is 0 Å². The Morgan fingerprint density at radius 1 is 0.952 bits per heavy atom. The molecule has 1 N–H and O–H groups in total. The number of rotatable bonds is 3. The molecule has 0 bridgehead atoms. The molecule has 0 amide bonds. The van der Waals surface area contributed by atoms with Crippen LogP contribution in [0.2, 0.25) is 0 Å². The number of hydrazone groups is 1. The van der Waals surface area contributed by atoms with E-state index in [0.29, 0.717) is 5.69 Å². The fourth-order valence-electron chi connectivity index (χ4n) is 1.53. The lowest BCUT2D eigenvalue weighted by atomic mass is 10.2. The quantitative estimate of drug-likeness (QED) is 0.392. The normalized spacial score (nSPS) is 11.4. The Kier molecular flexibility index (Phi) is 4.78. The van der Waals surface area contributed by atoms with Crippen molar-refractivity contribution in [2.45, 2.75) is 13.8 Å². The van der Waals surface area contributed by atoms with E-state index >= 15 is 0 Å². The average molecular weight is 277 g/mol. The highest BCUT2D eigenvalue weighted by molar-refractivity contribution is 5.97. The van der Waals surface area contributed by atoms with Gasteiger partial charge in [-0.2, -0.15) is 5.26 Å². The van der Waals surface area contributed by atoms with E-state index in [1.165, 1.54) is 0 Å². The highest BCUT2D eigenvalue weighted by Gasteiger charge is 1.96. The summed E-state index contributed by atoms with van der Waals surface area (Å²) in [7, 11) is 0. The standard InChI is InChI=1S/C16H15N5/c1-12-3-7-14(8-4-12)18-20-16(11-17)21-19-15-9-5-13(2)6-10-15/h3-10,18H,1-2H3. The fourth-order valence-corrected chi connectivity index (χ4v) is 1.53. The van der Waals surface area contributed by atoms with E-state index in [9.17, 15) is 0 Å². The van der Waals surface area contributed by atoms with Crippen molar-refractivity contribution in [3.8, 4) is 6.07 Å². The first kappa shape index (κ1) is 14.4. The van der Waals surface area contributed by atoms with E-state index in [4.69, 9.17) is 5.26 Å². The van der Waals surface area contributed by atoms with Crippen molar-refractivity contribution in [2.24, 2.45) is 15.3 Å². The van der Waals surface area contributed by atoms with Crippen molar-refractivity contribution >= 4 is 17.2 Å². The summed E-state index contributed by atoms with van der Waals surface area (Å²) in [5, 5.41) is 20.7. The lowest BCUT2D eigenvalue weighted by molar-refractivity contribution is 1.23. The second kappa shape index (κ2) is 6.96. The molecule has 2 rings (SSSR count). The Morgan fingerprint density at radius 2 is 1.52 bits per heavy atom. The van der Waals surface area contributed by atoms with Crippen molar-refractivity contribution in [2.75, 3.05) is 5.43 Å². The molecule has 0 aliphatic rings. The van der Waals surface area contributed by atoms with Crippen molar-refractivity contribution in [1.82, 2.24) is 0 Å². The van der Waals surface area contributed by atoms with Gasteiger partial charge in [-0.05, 0) is 38.1 Å². The lowest BCUT2D eigenvalue weighted by Gasteiger charge is -1.99. The minimum atomic E-state index is -0.0313. The summed E-state index contributed by atoms with van der Waals surface area (Å²) in [6, 6.07) is 17.1. The SMILES string of the molecule is Cc1ccc(N=NC(C#N)=NNc2ccc(C)cc2)cc1. The van der Waals surface area contributed by atoms with E-state index in [2.05, 4.69) is 20.8 Å². The van der Waals surface area contributed by atoms with Crippen molar-refractivity contribution in [3.05, 3.63) is 59.7 Å². The van der Waals surface area contributed by atoms with Crippen LogP contribution in [0, 0.1) is 25.2 Å². The molecule has 0 heterocycles. The topological polar surface area (TPSA) is 72.9 Å². The molecule has 0 saturated carbocycles. The van der Waals surface area contributed by atoms with Gasteiger partial charge in [0.15, 0.2) is 0 Å². The van der Waals surface area contributed by atoms with Crippen molar-refractivity contribution in [1.29, 1.82) is 5.26 Å². The molecule has 0 atom stereocenters. The average Bonchev–Trinajstić information content (AvgIpc) is 2.51. The Hall–Kier alpha value is -3.00. The Labute approximate surface area is 123 Å². The molecule has 0 aliphatic heterocycles. The predicted molar refractivity (Wildman–Crippen MR) is 83.5 cm³/mol. The number of hydrogen-bond acceptors (Lipinski definition) is 4. The summed E-state index contributed by atoms with van der Waals surface area (Å²) in [4.78, 5) is 0. The van der Waals surface area contributed by atoms with E-state index in [1.807, 2.05) is 68.4 Å². The maximum absolute atomic E-state index is 9.00. The number of aryl methyl sites for hydroxylation is 2. The van der Waals surface area contributed by atoms with Crippen molar-refractivity contribution < 1.29 is 0 Å². The number of hydrogen-bond donors (Lipinski definition) is 1. The van der Waals surface area contributed by atoms with E-state index < -0.39 is 0 Å². The molecule has 5 heteroatoms. The minimum Gasteiger partial charge on any atom is -0.276 e. The molecule has 5 nitrogen and oxygen atoms in total. The first-order valence-corrected chi connectivity index (χ1v) is 6.46. The van der Waals surface area contributed by atoms with Gasteiger partial charge < -0.3 is 0 Å². The van der Waals surface area contributed by atoms with Crippen LogP contribution in [-0.2, 0) is 0 Å². The molecule has 21 heavy (non-hydrogen) atoms. The van der Waals surface area contributed by atoms with Gasteiger partial charge in [0, 0.05) is 0 Å². The van der Waals surface area contributed by atoms with Gasteiger partial charge in [0.25, 0.3) is 5.84 Å². The van der Waals surface area contributed by atoms with Crippen LogP contribution in [0.4, 0.5) is 11.4 Å². The highest BCUT2D eigenvalue weighted by Crippen LogP contribution is 2.13. The highest BCUT2D eigenvalue weighted by atomic mass is 15.3. The number of nitrogens with one attached hydrogen (secondary N) is 1. The largest absolute Gasteiger partial charge is 0.276 e. The monoisotopic (exact) mass is 277 g/mol. The number of amidine groups is 1. The molecule has 0 fully saturated rings. The zero-order chi connectivity index (χ0) is 15.1. The number of benzene rings is 2. The van der Waals surface area contributed by atoms with Crippen LogP contribution in [0.25, 0.3) is 0 Å². The van der Waals surface area contributed by atoms with Crippen LogP contribution < -0.4 is 5.43 Å². The summed E-state index contributed by atoms with van der Waals surface area (Å²) in [5.74, 6) is -0.0313. The first-order chi connectivity index (χ1) is 10.2. The molecule has 2 aromatic carbocycles. The van der Waals surface area contributed by atoms with Gasteiger partial charge in [-0.15, -0.1) is 15.3 Å². The second-order valence-electron chi connectivity index (χ2n) is 4.56. The third kappa shape index (κ3) is 4.55. The van der Waals surface area contributed by atoms with Crippen molar-refractivity contribution in [3.63, 3.8) is 0 Å². The lowest BCUT2D eigenvalue weighted by Crippen LogP contribution is -1.95. The first-order valence-electron chi connectivity index (χ1n) is 6.46. The number of nitriles is 1. The summed E-state index contributed by atoms with van der Waals surface area (Å²) in [5.41, 5.74) is 6.55. The fraction of sp³-hybridized carbons (Fsp3) is 0.125. The van der Waals surface area contributed by atoms with E-state index in [0.717, 1.165) is 16.8 Å². The minimum absolute atomic E-state index is 0.0313. The molecular weight excluding hydrogens is 262 g/mol. The predicted octanol–water partition coefficient (Wildman–Crippen LogP) is 4.34. The van der Waals surface area contributed by atoms with Crippen LogP contribution in [0.3, 0.4) is 0 Å². The zero-order valence-corrected chi connectivity index (χ0v) is 11.9. The molecule has 0 unspecified atom stereocenters. The smallest absolute Gasteiger partial charge is 0.270 e. The third-order valence-corrected chi connectivity index (χ3v) is 2.74. The zero-order valence-electron chi connectivity index (χ0n) is 11.9. The molecule has 0 saturated heterocycles. The molecule has 2 aromatic rings. The van der Waals surface area contributed by atoms with Gasteiger partial charge in [-0.25, -0.2) is 0 Å². The Balaban J connectivity index is 2.05. The summed E-state index contributed by atoms with van der Waals surface area (Å²) in [6.07, 6.45) is 0. The molecule has 0 aliphatic carbocycles. The molecule has 104 valence electrons. The van der Waals surface area contributed by atoms with Crippen LogP contribution in [0.1, 0.15) is 11.1 Å². The maximum Gasteiger partial charge on any atom is 0.270 e. The molecule has 0 radical (unpaired) electrons. The Bertz CT molecular complexity index is 691. The van der Waals surface area contributed by atoms with Gasteiger partial charge in [0.2, 0.25) is 0 Å². The summed E-state index contributed by atoms with van der Waals surface area (Å²) in [6.45, 7) is 4.00. The summed E-state index contributed by atoms with van der Waals surface area (Å²) >= 11 is 0. The number of anilines is 1. The van der Waals surface area contributed by atoms with Gasteiger partial charge in [-0.1, -0.05) is 35.4 Å². The Morgan fingerprint density at radius 3 is 2.10 bits per heavy atom. The van der Waals surface area contributed by atoms with Crippen LogP contribution in [-0.4, -0.2) is 5.84 Å². The number of azo groups is 1. The van der Waals surface area contributed by atoms with Crippen LogP contribution in [0.15, 0.2) is 63.9 Å². The molecule has 0 spiro atoms. The molecular formula is C16H15N5. The van der Waals surface area contributed by atoms with E-state index in [-0.39, 0.29) is 5.84 Å². The summed E-state index contributed by atoms with van der Waals surface area (Å²) < 4.78 is 0. The second-order valence-corrected chi connectivity index (χ2v) is 4.56. The van der Waals surface area contributed by atoms with Crippen LogP contribution in [0.5, 0.6) is 0 Å². The van der Waals surface area contributed by atoms with Gasteiger partial charge in [0.1, 0.15) is 6.07 Å². The van der Waals surface area contributed by atoms with Gasteiger partial charge in [0.05, 0.1) is 11.4 Å². The van der Waals surface area contributed by atoms with Gasteiger partial charge >= 0.3 is 0 Å². The number of nitrogens with zero attached hydrogens (tertiary/aromatic N) is 4. The molecule has 0 aromatic heterocycles.